The molecule has 1 aliphatic carbocycles. The number of carboxylic acid groups (broad SMARTS) is 1. The van der Waals surface area contributed by atoms with Crippen LogP contribution in [-0.4, -0.2) is 27.5 Å². The molecule has 1 aromatic rings. The Morgan fingerprint density at radius 3 is 2.37 bits per heavy atom. The molecule has 1 aliphatic rings. The number of amides is 1. The predicted molar refractivity (Wildman–Crippen MR) is 71.7 cm³/mol. The first kappa shape index (κ1) is 14.2. The molecule has 0 atom stereocenters. The maximum atomic E-state index is 12.1. The van der Waals surface area contributed by atoms with Crippen LogP contribution in [0, 0.1) is 0 Å². The molecule has 0 aromatic carbocycles. The molecule has 1 amide bonds. The number of aliphatic carboxylic acids is 1. The number of carboxylic acids is 1. The number of hydrogen-bond acceptors (Lipinski definition) is 2. The van der Waals surface area contributed by atoms with Crippen molar-refractivity contribution in [3.63, 3.8) is 0 Å². The second-order valence-corrected chi connectivity index (χ2v) is 5.53. The van der Waals surface area contributed by atoms with Gasteiger partial charge in [0, 0.05) is 0 Å². The van der Waals surface area contributed by atoms with E-state index in [2.05, 4.69) is 10.3 Å². The summed E-state index contributed by atoms with van der Waals surface area (Å²) in [6.45, 7) is 0. The van der Waals surface area contributed by atoms with Crippen molar-refractivity contribution in [1.29, 1.82) is 0 Å². The highest BCUT2D eigenvalue weighted by Gasteiger charge is 2.41. The van der Waals surface area contributed by atoms with Gasteiger partial charge in [0.05, 0.1) is 5.02 Å². The number of halogens is 2. The second-order valence-electron chi connectivity index (χ2n) is 4.75. The molecule has 0 saturated heterocycles. The van der Waals surface area contributed by atoms with Gasteiger partial charge in [-0.1, -0.05) is 42.5 Å². The van der Waals surface area contributed by atoms with Crippen molar-refractivity contribution in [3.8, 4) is 0 Å². The fourth-order valence-corrected chi connectivity index (χ4v) is 2.67. The lowest BCUT2D eigenvalue weighted by atomic mass is 9.81. The van der Waals surface area contributed by atoms with Crippen molar-refractivity contribution in [2.45, 2.75) is 37.6 Å². The van der Waals surface area contributed by atoms with Gasteiger partial charge in [0.2, 0.25) is 0 Å². The number of H-pyrrole nitrogens is 1. The van der Waals surface area contributed by atoms with Crippen LogP contribution in [0.5, 0.6) is 0 Å². The SMILES string of the molecule is O=C(NC1(C(=O)O)CCCCC1)c1cc(Cl)c(Cl)[nH]1. The van der Waals surface area contributed by atoms with Crippen LogP contribution in [-0.2, 0) is 4.79 Å². The normalized spacial score (nSPS) is 18.0. The van der Waals surface area contributed by atoms with Crippen molar-refractivity contribution in [1.82, 2.24) is 10.3 Å². The van der Waals surface area contributed by atoms with Gasteiger partial charge in [0.1, 0.15) is 16.4 Å². The Morgan fingerprint density at radius 1 is 1.26 bits per heavy atom. The van der Waals surface area contributed by atoms with Crippen LogP contribution in [0.1, 0.15) is 42.6 Å². The largest absolute Gasteiger partial charge is 0.480 e. The van der Waals surface area contributed by atoms with Crippen molar-refractivity contribution in [3.05, 3.63) is 21.9 Å². The van der Waals surface area contributed by atoms with E-state index in [1.807, 2.05) is 0 Å². The van der Waals surface area contributed by atoms with Gasteiger partial charge in [-0.2, -0.15) is 0 Å². The minimum Gasteiger partial charge on any atom is -0.480 e. The molecule has 3 N–H and O–H groups in total. The third-order valence-electron chi connectivity index (χ3n) is 3.44. The highest BCUT2D eigenvalue weighted by Crippen LogP contribution is 2.29. The number of aromatic amines is 1. The number of rotatable bonds is 3. The van der Waals surface area contributed by atoms with Crippen LogP contribution in [0.15, 0.2) is 6.07 Å². The van der Waals surface area contributed by atoms with Crippen LogP contribution in [0.2, 0.25) is 10.2 Å². The second kappa shape index (κ2) is 5.43. The number of carbonyl (C=O) groups is 2. The van der Waals surface area contributed by atoms with Gasteiger partial charge >= 0.3 is 5.97 Å². The van der Waals surface area contributed by atoms with Crippen molar-refractivity contribution in [2.24, 2.45) is 0 Å². The highest BCUT2D eigenvalue weighted by atomic mass is 35.5. The molecule has 5 nitrogen and oxygen atoms in total. The molecular weight excluding hydrogens is 291 g/mol. The quantitative estimate of drug-likeness (QED) is 0.803. The first-order valence-electron chi connectivity index (χ1n) is 6.04. The monoisotopic (exact) mass is 304 g/mol. The summed E-state index contributed by atoms with van der Waals surface area (Å²) >= 11 is 11.5. The maximum Gasteiger partial charge on any atom is 0.329 e. The van der Waals surface area contributed by atoms with E-state index in [-0.39, 0.29) is 15.9 Å². The summed E-state index contributed by atoms with van der Waals surface area (Å²) in [4.78, 5) is 26.1. The van der Waals surface area contributed by atoms with E-state index in [1.54, 1.807) is 0 Å². The van der Waals surface area contributed by atoms with E-state index >= 15 is 0 Å². The Hall–Kier alpha value is -1.20. The van der Waals surface area contributed by atoms with E-state index in [9.17, 15) is 14.7 Å². The van der Waals surface area contributed by atoms with Gasteiger partial charge in [-0.25, -0.2) is 4.79 Å². The highest BCUT2D eigenvalue weighted by molar-refractivity contribution is 6.41. The predicted octanol–water partition coefficient (Wildman–Crippen LogP) is 2.84. The molecule has 1 fully saturated rings. The Labute approximate surface area is 120 Å². The van der Waals surface area contributed by atoms with E-state index in [1.165, 1.54) is 6.07 Å². The average molecular weight is 305 g/mol. The van der Waals surface area contributed by atoms with Gasteiger partial charge < -0.3 is 15.4 Å². The minimum atomic E-state index is -1.18. The molecule has 7 heteroatoms. The van der Waals surface area contributed by atoms with Crippen LogP contribution in [0.3, 0.4) is 0 Å². The first-order chi connectivity index (χ1) is 8.94. The van der Waals surface area contributed by atoms with Crippen LogP contribution in [0.4, 0.5) is 0 Å². The van der Waals surface area contributed by atoms with Crippen LogP contribution < -0.4 is 5.32 Å². The molecule has 0 bridgehead atoms. The lowest BCUT2D eigenvalue weighted by Gasteiger charge is -2.33. The summed E-state index contributed by atoms with van der Waals surface area (Å²) in [6, 6.07) is 1.39. The zero-order valence-electron chi connectivity index (χ0n) is 10.1. The average Bonchev–Trinajstić information content (AvgIpc) is 2.71. The zero-order valence-corrected chi connectivity index (χ0v) is 11.6. The molecule has 0 spiro atoms. The fraction of sp³-hybridized carbons (Fsp3) is 0.500. The molecule has 0 radical (unpaired) electrons. The molecule has 0 unspecified atom stereocenters. The minimum absolute atomic E-state index is 0.167. The van der Waals surface area contributed by atoms with Gasteiger partial charge in [0.25, 0.3) is 5.91 Å². The van der Waals surface area contributed by atoms with Gasteiger partial charge in [-0.15, -0.1) is 0 Å². The Bertz CT molecular complexity index is 488. The standard InChI is InChI=1S/C12H14Cl2N2O3/c13-7-6-8(15-9(7)14)10(17)16-12(11(18)19)4-2-1-3-5-12/h6,15H,1-5H2,(H,16,17)(H,18,19). The topological polar surface area (TPSA) is 82.2 Å². The summed E-state index contributed by atoms with van der Waals surface area (Å²) in [5.74, 6) is -1.50. The number of aromatic nitrogens is 1. The number of nitrogens with one attached hydrogen (secondary N) is 2. The maximum absolute atomic E-state index is 12.1. The van der Waals surface area contributed by atoms with Crippen molar-refractivity contribution in [2.75, 3.05) is 0 Å². The van der Waals surface area contributed by atoms with Gasteiger partial charge in [-0.05, 0) is 18.9 Å². The Kier molecular flexibility index (Phi) is 4.06. The third kappa shape index (κ3) is 2.87. The van der Waals surface area contributed by atoms with Crippen molar-refractivity contribution >= 4 is 35.1 Å². The van der Waals surface area contributed by atoms with Gasteiger partial charge in [-0.3, -0.25) is 4.79 Å². The molecule has 0 aliphatic heterocycles. The first-order valence-corrected chi connectivity index (χ1v) is 6.80. The fourth-order valence-electron chi connectivity index (χ4n) is 2.36. The van der Waals surface area contributed by atoms with E-state index in [0.29, 0.717) is 12.8 Å². The molecule has 2 rings (SSSR count). The van der Waals surface area contributed by atoms with Crippen LogP contribution >= 0.6 is 23.2 Å². The van der Waals surface area contributed by atoms with E-state index in [0.717, 1.165) is 19.3 Å². The molecular formula is C12H14Cl2N2O3. The Morgan fingerprint density at radius 2 is 1.89 bits per heavy atom. The van der Waals surface area contributed by atoms with Crippen LogP contribution in [0.25, 0.3) is 0 Å². The van der Waals surface area contributed by atoms with Gasteiger partial charge in [0.15, 0.2) is 0 Å². The molecule has 104 valence electrons. The molecule has 19 heavy (non-hydrogen) atoms. The number of carbonyl (C=O) groups excluding carboxylic acids is 1. The summed E-state index contributed by atoms with van der Waals surface area (Å²) in [5.41, 5.74) is -1.01. The third-order valence-corrected chi connectivity index (χ3v) is 4.13. The van der Waals surface area contributed by atoms with Crippen molar-refractivity contribution < 1.29 is 14.7 Å². The van der Waals surface area contributed by atoms with E-state index < -0.39 is 17.4 Å². The number of hydrogen-bond donors (Lipinski definition) is 3. The zero-order chi connectivity index (χ0) is 14.0. The summed E-state index contributed by atoms with van der Waals surface area (Å²) < 4.78 is 0. The molecule has 1 heterocycles. The lowest BCUT2D eigenvalue weighted by Crippen LogP contribution is -2.55. The Balaban J connectivity index is 2.17. The molecule has 1 saturated carbocycles. The summed E-state index contributed by atoms with van der Waals surface area (Å²) in [5, 5.41) is 12.4. The lowest BCUT2D eigenvalue weighted by molar-refractivity contribution is -0.145. The smallest absolute Gasteiger partial charge is 0.329 e. The summed E-state index contributed by atoms with van der Waals surface area (Å²) in [6.07, 6.45) is 3.45. The summed E-state index contributed by atoms with van der Waals surface area (Å²) in [7, 11) is 0. The molecule has 1 aromatic heterocycles. The van der Waals surface area contributed by atoms with E-state index in [4.69, 9.17) is 23.2 Å².